The summed E-state index contributed by atoms with van der Waals surface area (Å²) in [7, 11) is -4.66. The molecule has 2 aromatic heterocycles. The van der Waals surface area contributed by atoms with Gasteiger partial charge in [0.25, 0.3) is 0 Å². The molecule has 0 aliphatic rings. The summed E-state index contributed by atoms with van der Waals surface area (Å²) >= 11 is 0.770. The second-order valence-corrected chi connectivity index (χ2v) is 14.3. The Bertz CT molecular complexity index is 2570. The minimum atomic E-state index is -4.66. The molecular weight excluding hydrogens is 831 g/mol. The molecular formula is C38H32N12Na2O6S2. The SMILES string of the molecule is O=S(=O)([O-])c1cccc(Nc2nc(NCc3ccc(CNc4nc(Nc5ccccc5)nc(Nc5cccc(SOO[O-])c5)n4)cc3)nc(Nc3ccccc3)n2)c1.[Na+].[Na+]. The summed E-state index contributed by atoms with van der Waals surface area (Å²) in [4.78, 5) is 27.3. The first kappa shape index (κ1) is 46.1. The van der Waals surface area contributed by atoms with Crippen molar-refractivity contribution < 1.29 is 86.7 Å². The molecule has 0 amide bonds. The van der Waals surface area contributed by atoms with Crippen molar-refractivity contribution in [2.45, 2.75) is 22.9 Å². The number of hydrogen-bond donors (Lipinski definition) is 6. The van der Waals surface area contributed by atoms with Gasteiger partial charge in [-0.3, -0.25) is 5.04 Å². The minimum absolute atomic E-state index is 0. The number of nitrogens with zero attached hydrogens (tertiary/aromatic N) is 6. The van der Waals surface area contributed by atoms with Gasteiger partial charge in [0.1, 0.15) is 10.1 Å². The van der Waals surface area contributed by atoms with Crippen molar-refractivity contribution in [3.63, 3.8) is 0 Å². The van der Waals surface area contributed by atoms with Crippen LogP contribution in [0.25, 0.3) is 0 Å². The maximum absolute atomic E-state index is 11.6. The molecule has 7 rings (SSSR count). The summed E-state index contributed by atoms with van der Waals surface area (Å²) in [5.41, 5.74) is 4.36. The van der Waals surface area contributed by atoms with E-state index in [4.69, 9.17) is 0 Å². The average Bonchev–Trinajstić information content (AvgIpc) is 3.22. The van der Waals surface area contributed by atoms with Crippen LogP contribution >= 0.6 is 12.0 Å². The van der Waals surface area contributed by atoms with Crippen LogP contribution in [-0.2, 0) is 32.6 Å². The van der Waals surface area contributed by atoms with E-state index in [9.17, 15) is 18.2 Å². The summed E-state index contributed by atoms with van der Waals surface area (Å²) in [6.45, 7) is 0.755. The Labute approximate surface area is 393 Å². The Hall–Kier alpha value is -4.94. The molecule has 294 valence electrons. The Morgan fingerprint density at radius 1 is 0.500 bits per heavy atom. The summed E-state index contributed by atoms with van der Waals surface area (Å²) in [6, 6.07) is 39.2. The van der Waals surface area contributed by atoms with Crippen LogP contribution in [0.1, 0.15) is 11.1 Å². The minimum Gasteiger partial charge on any atom is -0.744 e. The van der Waals surface area contributed by atoms with Gasteiger partial charge in [0.15, 0.2) is 0 Å². The van der Waals surface area contributed by atoms with Crippen LogP contribution in [-0.4, -0.2) is 42.9 Å². The molecule has 2 heterocycles. The Balaban J connectivity index is 0.00000341. The Kier molecular flexibility index (Phi) is 17.4. The first-order valence-electron chi connectivity index (χ1n) is 17.3. The summed E-state index contributed by atoms with van der Waals surface area (Å²) in [6.07, 6.45) is 0. The van der Waals surface area contributed by atoms with E-state index >= 15 is 0 Å². The molecule has 0 saturated heterocycles. The third-order valence-electron chi connectivity index (χ3n) is 7.88. The van der Waals surface area contributed by atoms with Gasteiger partial charge in [0.2, 0.25) is 35.7 Å². The molecule has 6 N–H and O–H groups in total. The molecule has 0 bridgehead atoms. The summed E-state index contributed by atoms with van der Waals surface area (Å²) in [5, 5.41) is 32.7. The molecule has 0 unspecified atom stereocenters. The zero-order valence-corrected chi connectivity index (χ0v) is 37.7. The van der Waals surface area contributed by atoms with Gasteiger partial charge < -0.3 is 41.7 Å². The van der Waals surface area contributed by atoms with Gasteiger partial charge >= 0.3 is 59.1 Å². The molecule has 5 aromatic carbocycles. The van der Waals surface area contributed by atoms with Crippen molar-refractivity contribution in [3.8, 4) is 0 Å². The second-order valence-electron chi connectivity index (χ2n) is 12.1. The third-order valence-corrected chi connectivity index (χ3v) is 9.28. The first-order valence-corrected chi connectivity index (χ1v) is 19.4. The van der Waals surface area contributed by atoms with Crippen LogP contribution < -0.4 is 96.3 Å². The fourth-order valence-corrected chi connectivity index (χ4v) is 6.17. The topological polar surface area (TPSA) is 248 Å². The first-order chi connectivity index (χ1) is 28.2. The van der Waals surface area contributed by atoms with Crippen LogP contribution in [0.3, 0.4) is 0 Å². The maximum Gasteiger partial charge on any atom is 1.00 e. The zero-order valence-electron chi connectivity index (χ0n) is 32.1. The molecule has 0 saturated carbocycles. The monoisotopic (exact) mass is 862 g/mol. The van der Waals surface area contributed by atoms with Gasteiger partial charge in [0, 0.05) is 40.7 Å². The van der Waals surface area contributed by atoms with Crippen LogP contribution in [0.15, 0.2) is 143 Å². The molecule has 0 atom stereocenters. The molecule has 0 aliphatic heterocycles. The van der Waals surface area contributed by atoms with Gasteiger partial charge in [-0.15, -0.1) is 0 Å². The normalized spacial score (nSPS) is 10.7. The van der Waals surface area contributed by atoms with E-state index < -0.39 is 10.1 Å². The molecule has 60 heavy (non-hydrogen) atoms. The Morgan fingerprint density at radius 3 is 1.35 bits per heavy atom. The predicted molar refractivity (Wildman–Crippen MR) is 216 cm³/mol. The maximum atomic E-state index is 11.6. The second kappa shape index (κ2) is 22.6. The van der Waals surface area contributed by atoms with Crippen molar-refractivity contribution in [2.24, 2.45) is 0 Å². The van der Waals surface area contributed by atoms with Crippen LogP contribution in [0.5, 0.6) is 0 Å². The largest absolute Gasteiger partial charge is 1.00 e. The van der Waals surface area contributed by atoms with Crippen molar-refractivity contribution in [3.05, 3.63) is 145 Å². The van der Waals surface area contributed by atoms with Crippen LogP contribution in [0.2, 0.25) is 0 Å². The van der Waals surface area contributed by atoms with Crippen molar-refractivity contribution in [1.29, 1.82) is 0 Å². The predicted octanol–water partition coefficient (Wildman–Crippen LogP) is 0.398. The smallest absolute Gasteiger partial charge is 0.744 e. The number of benzene rings is 5. The van der Waals surface area contributed by atoms with Gasteiger partial charge in [0.05, 0.1) is 16.9 Å². The molecule has 18 nitrogen and oxygen atoms in total. The number of para-hydroxylation sites is 2. The van der Waals surface area contributed by atoms with Crippen molar-refractivity contribution >= 4 is 80.6 Å². The Morgan fingerprint density at radius 2 is 0.900 bits per heavy atom. The van der Waals surface area contributed by atoms with E-state index in [-0.39, 0.29) is 87.8 Å². The van der Waals surface area contributed by atoms with E-state index in [0.29, 0.717) is 41.3 Å². The van der Waals surface area contributed by atoms with E-state index in [0.717, 1.165) is 34.5 Å². The van der Waals surface area contributed by atoms with Gasteiger partial charge in [-0.1, -0.05) is 72.8 Å². The molecule has 0 fully saturated rings. The van der Waals surface area contributed by atoms with Crippen LogP contribution in [0.4, 0.5) is 58.4 Å². The molecule has 0 radical (unpaired) electrons. The molecule has 0 aliphatic carbocycles. The fraction of sp³-hybridized carbons (Fsp3) is 0.0526. The van der Waals surface area contributed by atoms with Crippen LogP contribution in [0, 0.1) is 0 Å². The standard InChI is InChI=1S/C38H34N12O6S2.2Na/c51-55-56-57-31-15-7-13-29(21-31)43-37-47-33(45-35(49-37)41-27-9-3-1-4-10-27)39-23-25-17-19-26(20-18-25)24-40-34-46-36(42-28-11-5-2-6-12-28)50-38(48-34)44-30-14-8-16-32(22-30)58(52,53)54;;/h1-22,51H,23-24H2,(H,52,53,54)(H3,39,41,43,45,47,49)(H3,40,42,44,46,48,50);;/q;2*+1/p-2. The van der Waals surface area contributed by atoms with Crippen molar-refractivity contribution in [1.82, 2.24) is 29.9 Å². The number of anilines is 10. The van der Waals surface area contributed by atoms with E-state index in [1.54, 1.807) is 24.3 Å². The molecule has 0 spiro atoms. The van der Waals surface area contributed by atoms with Gasteiger partial charge in [-0.2, -0.15) is 34.2 Å². The number of hydrogen-bond acceptors (Lipinski definition) is 19. The number of aromatic nitrogens is 6. The van der Waals surface area contributed by atoms with E-state index in [2.05, 4.69) is 71.2 Å². The third kappa shape index (κ3) is 14.1. The summed E-state index contributed by atoms with van der Waals surface area (Å²) in [5.74, 6) is 1.48. The fourth-order valence-electron chi connectivity index (χ4n) is 5.24. The van der Waals surface area contributed by atoms with Gasteiger partial charge in [-0.25, -0.2) is 8.42 Å². The number of nitrogens with one attached hydrogen (secondary N) is 6. The quantitative estimate of drug-likeness (QED) is 0.0225. The van der Waals surface area contributed by atoms with E-state index in [1.165, 1.54) is 18.2 Å². The number of rotatable bonds is 18. The molecule has 22 heteroatoms. The zero-order chi connectivity index (χ0) is 40.2. The molecule has 7 aromatic rings. The van der Waals surface area contributed by atoms with Gasteiger partial charge in [-0.05, 0) is 71.8 Å². The summed E-state index contributed by atoms with van der Waals surface area (Å²) < 4.78 is 39.2. The average molecular weight is 863 g/mol. The van der Waals surface area contributed by atoms with E-state index in [1.807, 2.05) is 91.0 Å². The van der Waals surface area contributed by atoms with Crippen molar-refractivity contribution in [2.75, 3.05) is 31.9 Å².